The highest BCUT2D eigenvalue weighted by Gasteiger charge is 2.38. The number of fused-ring (bicyclic) bond motifs is 1. The molecule has 2 heterocycles. The molecule has 0 fully saturated rings. The molecule has 0 radical (unpaired) electrons. The Hall–Kier alpha value is -2.78. The molecule has 0 unspecified atom stereocenters. The van der Waals surface area contributed by atoms with E-state index in [1.165, 1.54) is 4.52 Å². The molecule has 3 aromatic rings. The van der Waals surface area contributed by atoms with Crippen molar-refractivity contribution >= 4 is 17.3 Å². The van der Waals surface area contributed by atoms with Gasteiger partial charge in [0.2, 0.25) is 0 Å². The highest BCUT2D eigenvalue weighted by Crippen LogP contribution is 2.35. The van der Waals surface area contributed by atoms with Gasteiger partial charge in [0.05, 0.1) is 0 Å². The van der Waals surface area contributed by atoms with Crippen LogP contribution in [0.1, 0.15) is 36.8 Å². The van der Waals surface area contributed by atoms with Crippen LogP contribution in [0.3, 0.4) is 0 Å². The van der Waals surface area contributed by atoms with Crippen molar-refractivity contribution in [1.82, 2.24) is 19.6 Å². The predicted octanol–water partition coefficient (Wildman–Crippen LogP) is 4.60. The SMILES string of the molecule is Cc1cc(Nc2cc(F)c(C(F)(F)F)c(F)c2)n2nc(C(C)C)nc2n1. The minimum atomic E-state index is -5.12. The fourth-order valence-corrected chi connectivity index (χ4v) is 2.40. The summed E-state index contributed by atoms with van der Waals surface area (Å²) in [6.45, 7) is 5.45. The van der Waals surface area contributed by atoms with Crippen molar-refractivity contribution in [2.75, 3.05) is 5.32 Å². The van der Waals surface area contributed by atoms with E-state index in [0.717, 1.165) is 0 Å². The van der Waals surface area contributed by atoms with Crippen LogP contribution in [0.5, 0.6) is 0 Å². The number of aryl methyl sites for hydroxylation is 1. The van der Waals surface area contributed by atoms with Gasteiger partial charge in [0.1, 0.15) is 23.0 Å². The quantitative estimate of drug-likeness (QED) is 0.684. The van der Waals surface area contributed by atoms with Crippen LogP contribution in [-0.2, 0) is 6.18 Å². The molecular formula is C16H14F5N5. The van der Waals surface area contributed by atoms with E-state index < -0.39 is 23.4 Å². The summed E-state index contributed by atoms with van der Waals surface area (Å²) in [5, 5.41) is 6.94. The summed E-state index contributed by atoms with van der Waals surface area (Å²) in [6, 6.07) is 2.70. The first-order valence-electron chi connectivity index (χ1n) is 7.64. The topological polar surface area (TPSA) is 55.1 Å². The van der Waals surface area contributed by atoms with Crippen LogP contribution >= 0.6 is 0 Å². The van der Waals surface area contributed by atoms with Gasteiger partial charge >= 0.3 is 6.18 Å². The second kappa shape index (κ2) is 6.19. The third-order valence-corrected chi connectivity index (χ3v) is 3.57. The average Bonchev–Trinajstić information content (AvgIpc) is 2.89. The predicted molar refractivity (Wildman–Crippen MR) is 84.3 cm³/mol. The second-order valence-electron chi connectivity index (χ2n) is 6.06. The number of anilines is 2. The van der Waals surface area contributed by atoms with Crippen molar-refractivity contribution in [2.24, 2.45) is 0 Å². The minimum Gasteiger partial charge on any atom is -0.340 e. The summed E-state index contributed by atoms with van der Waals surface area (Å²) in [4.78, 5) is 8.48. The van der Waals surface area contributed by atoms with E-state index in [2.05, 4.69) is 20.4 Å². The maximum absolute atomic E-state index is 13.8. The van der Waals surface area contributed by atoms with Crippen molar-refractivity contribution in [3.8, 4) is 0 Å². The highest BCUT2D eigenvalue weighted by atomic mass is 19.4. The van der Waals surface area contributed by atoms with Gasteiger partial charge in [-0.2, -0.15) is 22.7 Å². The monoisotopic (exact) mass is 371 g/mol. The molecule has 1 N–H and O–H groups in total. The van der Waals surface area contributed by atoms with Crippen molar-refractivity contribution in [3.05, 3.63) is 46.9 Å². The van der Waals surface area contributed by atoms with Gasteiger partial charge in [-0.3, -0.25) is 0 Å². The lowest BCUT2D eigenvalue weighted by Crippen LogP contribution is -2.12. The Labute approximate surface area is 144 Å². The molecule has 0 saturated heterocycles. The fraction of sp³-hybridized carbons (Fsp3) is 0.312. The fourth-order valence-electron chi connectivity index (χ4n) is 2.40. The minimum absolute atomic E-state index is 0.0193. The first-order valence-corrected chi connectivity index (χ1v) is 7.64. The van der Waals surface area contributed by atoms with E-state index in [-0.39, 0.29) is 23.2 Å². The normalized spacial score (nSPS) is 12.2. The van der Waals surface area contributed by atoms with Gasteiger partial charge in [0.15, 0.2) is 5.82 Å². The molecule has 0 aliphatic rings. The summed E-state index contributed by atoms with van der Waals surface area (Å²) < 4.78 is 66.9. The Balaban J connectivity index is 2.07. The Bertz CT molecular complexity index is 954. The zero-order valence-corrected chi connectivity index (χ0v) is 14.0. The lowest BCUT2D eigenvalue weighted by atomic mass is 10.1. The number of nitrogens with zero attached hydrogens (tertiary/aromatic N) is 4. The van der Waals surface area contributed by atoms with E-state index in [1.807, 2.05) is 13.8 Å². The summed E-state index contributed by atoms with van der Waals surface area (Å²) >= 11 is 0. The summed E-state index contributed by atoms with van der Waals surface area (Å²) in [5.41, 5.74) is -1.57. The maximum atomic E-state index is 13.8. The molecule has 2 aromatic heterocycles. The maximum Gasteiger partial charge on any atom is 0.422 e. The van der Waals surface area contributed by atoms with E-state index in [1.54, 1.807) is 13.0 Å². The number of rotatable bonds is 3. The van der Waals surface area contributed by atoms with Crippen LogP contribution in [0.4, 0.5) is 33.5 Å². The average molecular weight is 371 g/mol. The molecule has 0 aliphatic heterocycles. The number of halogens is 5. The number of nitrogens with one attached hydrogen (secondary N) is 1. The number of benzene rings is 1. The van der Waals surface area contributed by atoms with Crippen LogP contribution in [0.15, 0.2) is 18.2 Å². The standard InChI is InChI=1S/C16H14F5N5/c1-7(2)14-24-15-22-8(3)4-12(26(15)25-14)23-9-5-10(17)13(11(18)6-9)16(19,20)21/h4-7,23H,1-3H3. The van der Waals surface area contributed by atoms with Crippen molar-refractivity contribution in [2.45, 2.75) is 32.9 Å². The van der Waals surface area contributed by atoms with Gasteiger partial charge in [-0.05, 0) is 19.1 Å². The smallest absolute Gasteiger partial charge is 0.340 e. The van der Waals surface area contributed by atoms with Crippen LogP contribution in [0.25, 0.3) is 5.78 Å². The Morgan fingerprint density at radius 1 is 1.04 bits per heavy atom. The van der Waals surface area contributed by atoms with Gasteiger partial charge < -0.3 is 5.32 Å². The highest BCUT2D eigenvalue weighted by molar-refractivity contribution is 5.59. The largest absolute Gasteiger partial charge is 0.422 e. The van der Waals surface area contributed by atoms with Gasteiger partial charge in [0, 0.05) is 23.4 Å². The Morgan fingerprint density at radius 2 is 1.65 bits per heavy atom. The summed E-state index contributed by atoms with van der Waals surface area (Å²) in [5.74, 6) is -2.34. The summed E-state index contributed by atoms with van der Waals surface area (Å²) in [7, 11) is 0. The molecule has 0 spiro atoms. The Kier molecular flexibility index (Phi) is 4.29. The van der Waals surface area contributed by atoms with E-state index in [9.17, 15) is 22.0 Å². The number of hydrogen-bond acceptors (Lipinski definition) is 4. The van der Waals surface area contributed by atoms with Crippen LogP contribution in [0.2, 0.25) is 0 Å². The molecule has 138 valence electrons. The lowest BCUT2D eigenvalue weighted by molar-refractivity contribution is -0.142. The lowest BCUT2D eigenvalue weighted by Gasteiger charge is -2.13. The first-order chi connectivity index (χ1) is 12.1. The van der Waals surface area contributed by atoms with Crippen molar-refractivity contribution < 1.29 is 22.0 Å². The van der Waals surface area contributed by atoms with E-state index in [4.69, 9.17) is 0 Å². The molecular weight excluding hydrogens is 357 g/mol. The zero-order valence-electron chi connectivity index (χ0n) is 14.0. The van der Waals surface area contributed by atoms with Crippen LogP contribution in [-0.4, -0.2) is 19.6 Å². The third kappa shape index (κ3) is 3.31. The number of aromatic nitrogens is 4. The molecule has 26 heavy (non-hydrogen) atoms. The van der Waals surface area contributed by atoms with Crippen LogP contribution in [0, 0.1) is 18.6 Å². The molecule has 3 rings (SSSR count). The third-order valence-electron chi connectivity index (χ3n) is 3.57. The Morgan fingerprint density at radius 3 is 2.19 bits per heavy atom. The van der Waals surface area contributed by atoms with Gasteiger partial charge in [-0.15, -0.1) is 5.10 Å². The molecule has 10 heteroatoms. The molecule has 5 nitrogen and oxygen atoms in total. The molecule has 1 aromatic carbocycles. The molecule has 0 saturated carbocycles. The van der Waals surface area contributed by atoms with E-state index >= 15 is 0 Å². The second-order valence-corrected chi connectivity index (χ2v) is 6.06. The van der Waals surface area contributed by atoms with Gasteiger partial charge in [0.25, 0.3) is 5.78 Å². The molecule has 0 aliphatic carbocycles. The van der Waals surface area contributed by atoms with Gasteiger partial charge in [-0.1, -0.05) is 13.8 Å². The van der Waals surface area contributed by atoms with E-state index in [0.29, 0.717) is 23.7 Å². The summed E-state index contributed by atoms with van der Waals surface area (Å²) in [6.07, 6.45) is -5.12. The number of hydrogen-bond donors (Lipinski definition) is 1. The first kappa shape index (κ1) is 18.0. The molecule has 0 bridgehead atoms. The molecule has 0 amide bonds. The molecule has 0 atom stereocenters. The zero-order chi connectivity index (χ0) is 19.2. The van der Waals surface area contributed by atoms with Crippen molar-refractivity contribution in [3.63, 3.8) is 0 Å². The van der Waals surface area contributed by atoms with Crippen LogP contribution < -0.4 is 5.32 Å². The van der Waals surface area contributed by atoms with Gasteiger partial charge in [-0.25, -0.2) is 13.8 Å². The number of alkyl halides is 3. The van der Waals surface area contributed by atoms with Crippen molar-refractivity contribution in [1.29, 1.82) is 0 Å².